The molecule has 4 rings (SSSR count). The van der Waals surface area contributed by atoms with E-state index in [1.54, 1.807) is 35.4 Å². The predicted molar refractivity (Wildman–Crippen MR) is 113 cm³/mol. The van der Waals surface area contributed by atoms with Crippen LogP contribution in [0.2, 0.25) is 0 Å². The summed E-state index contributed by atoms with van der Waals surface area (Å²) in [5, 5.41) is 4.35. The average Bonchev–Trinajstić information content (AvgIpc) is 3.20. The van der Waals surface area contributed by atoms with E-state index in [-0.39, 0.29) is 21.8 Å². The molecule has 0 saturated carbocycles. The fourth-order valence-electron chi connectivity index (χ4n) is 3.10. The molecule has 1 unspecified atom stereocenters. The second-order valence-electron chi connectivity index (χ2n) is 6.60. The Labute approximate surface area is 179 Å². The van der Waals surface area contributed by atoms with Crippen molar-refractivity contribution >= 4 is 16.7 Å². The van der Waals surface area contributed by atoms with Gasteiger partial charge in [0.1, 0.15) is 28.3 Å². The fraction of sp³-hybridized carbons (Fsp3) is 0.0909. The van der Waals surface area contributed by atoms with Gasteiger partial charge >= 0.3 is 0 Å². The topological polar surface area (TPSA) is 59.8 Å². The second kappa shape index (κ2) is 8.73. The highest BCUT2D eigenvalue weighted by atomic mass is 32.2. The van der Waals surface area contributed by atoms with Crippen LogP contribution in [0.5, 0.6) is 0 Å². The quantitative estimate of drug-likeness (QED) is 0.447. The van der Waals surface area contributed by atoms with E-state index in [2.05, 4.69) is 14.8 Å². The molecule has 9 heteroatoms. The maximum absolute atomic E-state index is 15.4. The zero-order valence-electron chi connectivity index (χ0n) is 16.3. The molecule has 0 fully saturated rings. The SMILES string of the molecule is CCn1cc(-c2ccncc2)c(-c2c(F)ccc(NS(=O)c3cccc(F)c3)c2F)n1. The first-order valence-electron chi connectivity index (χ1n) is 9.38. The molecule has 0 aliphatic carbocycles. The minimum Gasteiger partial charge on any atom is -0.298 e. The first kappa shape index (κ1) is 20.8. The maximum Gasteiger partial charge on any atom is 0.159 e. The summed E-state index contributed by atoms with van der Waals surface area (Å²) in [4.78, 5) is 4.09. The van der Waals surface area contributed by atoms with Crippen LogP contribution in [-0.4, -0.2) is 19.0 Å². The van der Waals surface area contributed by atoms with Crippen molar-refractivity contribution in [3.63, 3.8) is 0 Å². The van der Waals surface area contributed by atoms with Crippen molar-refractivity contribution in [2.75, 3.05) is 4.72 Å². The smallest absolute Gasteiger partial charge is 0.159 e. The molecule has 0 amide bonds. The van der Waals surface area contributed by atoms with Crippen molar-refractivity contribution in [3.8, 4) is 22.4 Å². The molecule has 0 aliphatic heterocycles. The van der Waals surface area contributed by atoms with Crippen LogP contribution in [0.25, 0.3) is 22.4 Å². The van der Waals surface area contributed by atoms with Crippen LogP contribution in [0.4, 0.5) is 18.9 Å². The number of pyridine rings is 1. The van der Waals surface area contributed by atoms with E-state index in [9.17, 15) is 13.0 Å². The summed E-state index contributed by atoms with van der Waals surface area (Å²) >= 11 is 0. The fourth-order valence-corrected chi connectivity index (χ4v) is 4.00. The Morgan fingerprint density at radius 3 is 2.55 bits per heavy atom. The van der Waals surface area contributed by atoms with Gasteiger partial charge in [0, 0.05) is 30.7 Å². The standard InChI is InChI=1S/C22H17F3N4OS/c1-2-29-13-17(14-8-10-26-11-9-14)22(27-29)20-18(24)6-7-19(21(20)25)28-31(30)16-5-3-4-15(23)12-16/h3-13,28H,2H2,1H3. The van der Waals surface area contributed by atoms with Crippen LogP contribution < -0.4 is 4.72 Å². The summed E-state index contributed by atoms with van der Waals surface area (Å²) in [7, 11) is -1.95. The third-order valence-electron chi connectivity index (χ3n) is 4.62. The van der Waals surface area contributed by atoms with Crippen LogP contribution in [-0.2, 0) is 17.5 Å². The van der Waals surface area contributed by atoms with Gasteiger partial charge in [-0.15, -0.1) is 0 Å². The molecular weight excluding hydrogens is 425 g/mol. The van der Waals surface area contributed by atoms with E-state index in [1.165, 1.54) is 18.2 Å². The Bertz CT molecular complexity index is 1260. The van der Waals surface area contributed by atoms with Gasteiger partial charge in [-0.25, -0.2) is 17.4 Å². The van der Waals surface area contributed by atoms with Crippen molar-refractivity contribution in [1.29, 1.82) is 0 Å². The summed E-state index contributed by atoms with van der Waals surface area (Å²) in [6.07, 6.45) is 4.86. The average molecular weight is 442 g/mol. The number of benzene rings is 2. The molecule has 0 bridgehead atoms. The highest BCUT2D eigenvalue weighted by Gasteiger charge is 2.23. The molecule has 4 aromatic rings. The molecular formula is C22H17F3N4OS. The number of aryl methyl sites for hydroxylation is 1. The van der Waals surface area contributed by atoms with E-state index in [4.69, 9.17) is 0 Å². The summed E-state index contributed by atoms with van der Waals surface area (Å²) in [6, 6.07) is 10.8. The number of nitrogens with zero attached hydrogens (tertiary/aromatic N) is 3. The van der Waals surface area contributed by atoms with E-state index in [0.29, 0.717) is 17.7 Å². The van der Waals surface area contributed by atoms with Gasteiger partial charge in [-0.3, -0.25) is 14.4 Å². The zero-order valence-corrected chi connectivity index (χ0v) is 17.2. The highest BCUT2D eigenvalue weighted by molar-refractivity contribution is 7.86. The normalized spacial score (nSPS) is 12.0. The van der Waals surface area contributed by atoms with Gasteiger partial charge in [0.15, 0.2) is 5.82 Å². The first-order valence-corrected chi connectivity index (χ1v) is 10.5. The monoisotopic (exact) mass is 442 g/mol. The lowest BCUT2D eigenvalue weighted by molar-refractivity contribution is 0.589. The largest absolute Gasteiger partial charge is 0.298 e. The summed E-state index contributed by atoms with van der Waals surface area (Å²) in [5.41, 5.74) is 0.810. The van der Waals surface area contributed by atoms with Crippen LogP contribution in [0.1, 0.15) is 6.92 Å². The number of hydrogen-bond acceptors (Lipinski definition) is 3. The molecule has 158 valence electrons. The van der Waals surface area contributed by atoms with E-state index < -0.39 is 28.4 Å². The van der Waals surface area contributed by atoms with Crippen LogP contribution in [0.15, 0.2) is 72.0 Å². The van der Waals surface area contributed by atoms with Crippen molar-refractivity contribution in [1.82, 2.24) is 14.8 Å². The van der Waals surface area contributed by atoms with Gasteiger partial charge in [-0.2, -0.15) is 5.10 Å². The number of nitrogens with one attached hydrogen (secondary N) is 1. The number of hydrogen-bond donors (Lipinski definition) is 1. The van der Waals surface area contributed by atoms with Crippen LogP contribution in [0.3, 0.4) is 0 Å². The Morgan fingerprint density at radius 2 is 1.84 bits per heavy atom. The Balaban J connectivity index is 1.79. The summed E-state index contributed by atoms with van der Waals surface area (Å²) in [5.74, 6) is -2.32. The van der Waals surface area contributed by atoms with Crippen molar-refractivity contribution in [2.24, 2.45) is 0 Å². The lowest BCUT2D eigenvalue weighted by atomic mass is 10.0. The number of anilines is 1. The van der Waals surface area contributed by atoms with Gasteiger partial charge in [0.2, 0.25) is 0 Å². The zero-order chi connectivity index (χ0) is 22.0. The maximum atomic E-state index is 15.4. The molecule has 0 spiro atoms. The second-order valence-corrected chi connectivity index (χ2v) is 7.81. The number of halogens is 3. The van der Waals surface area contributed by atoms with Crippen LogP contribution in [0, 0.1) is 17.5 Å². The van der Waals surface area contributed by atoms with Crippen LogP contribution >= 0.6 is 0 Å². The molecule has 31 heavy (non-hydrogen) atoms. The van der Waals surface area contributed by atoms with E-state index in [0.717, 1.165) is 18.2 Å². The van der Waals surface area contributed by atoms with E-state index in [1.807, 2.05) is 6.92 Å². The molecule has 2 heterocycles. The Hall–Kier alpha value is -3.46. The molecule has 0 radical (unpaired) electrons. The molecule has 2 aromatic carbocycles. The lowest BCUT2D eigenvalue weighted by Gasteiger charge is -2.11. The third kappa shape index (κ3) is 4.22. The van der Waals surface area contributed by atoms with Crippen molar-refractivity contribution in [2.45, 2.75) is 18.4 Å². The molecule has 2 aromatic heterocycles. The summed E-state index contributed by atoms with van der Waals surface area (Å²) < 4.78 is 60.2. The summed E-state index contributed by atoms with van der Waals surface area (Å²) in [6.45, 7) is 2.36. The highest BCUT2D eigenvalue weighted by Crippen LogP contribution is 2.36. The van der Waals surface area contributed by atoms with Crippen molar-refractivity contribution in [3.05, 3.63) is 84.6 Å². The molecule has 0 saturated heterocycles. The minimum absolute atomic E-state index is 0.114. The Kier molecular flexibility index (Phi) is 5.85. The van der Waals surface area contributed by atoms with Gasteiger partial charge < -0.3 is 0 Å². The molecule has 5 nitrogen and oxygen atoms in total. The van der Waals surface area contributed by atoms with Gasteiger partial charge in [0.25, 0.3) is 0 Å². The molecule has 1 atom stereocenters. The molecule has 0 aliphatic rings. The first-order chi connectivity index (χ1) is 15.0. The minimum atomic E-state index is -1.95. The Morgan fingerprint density at radius 1 is 1.06 bits per heavy atom. The lowest BCUT2D eigenvalue weighted by Crippen LogP contribution is -2.08. The van der Waals surface area contributed by atoms with Gasteiger partial charge in [0.05, 0.1) is 16.1 Å². The third-order valence-corrected chi connectivity index (χ3v) is 5.71. The van der Waals surface area contributed by atoms with Gasteiger partial charge in [-0.05, 0) is 55.0 Å². The number of aromatic nitrogens is 3. The predicted octanol–water partition coefficient (Wildman–Crippen LogP) is 5.18. The van der Waals surface area contributed by atoms with Gasteiger partial charge in [-0.1, -0.05) is 6.07 Å². The molecule has 1 N–H and O–H groups in total. The van der Waals surface area contributed by atoms with E-state index >= 15 is 4.39 Å². The van der Waals surface area contributed by atoms with Crippen molar-refractivity contribution < 1.29 is 17.4 Å². The number of rotatable bonds is 6.